The van der Waals surface area contributed by atoms with Crippen LogP contribution < -0.4 is 5.32 Å². The Morgan fingerprint density at radius 2 is 2.00 bits per heavy atom. The fourth-order valence-electron chi connectivity index (χ4n) is 2.45. The summed E-state index contributed by atoms with van der Waals surface area (Å²) in [6, 6.07) is 4.34. The van der Waals surface area contributed by atoms with Gasteiger partial charge in [-0.2, -0.15) is 0 Å². The fourth-order valence-corrected chi connectivity index (χ4v) is 2.45. The fraction of sp³-hybridized carbons (Fsp3) is 0.571. The number of carbonyl (C=O) groups is 1. The van der Waals surface area contributed by atoms with Crippen LogP contribution in [0.15, 0.2) is 12.1 Å². The molecule has 2 heterocycles. The first-order chi connectivity index (χ1) is 8.61. The molecule has 1 saturated heterocycles. The van der Waals surface area contributed by atoms with Gasteiger partial charge < -0.3 is 10.2 Å². The number of likely N-dealkylation sites (tertiary alicyclic amines) is 1. The van der Waals surface area contributed by atoms with Gasteiger partial charge in [0.15, 0.2) is 0 Å². The van der Waals surface area contributed by atoms with Crippen LogP contribution in [-0.4, -0.2) is 42.0 Å². The molecule has 0 aliphatic carbocycles. The molecule has 98 valence electrons. The Hall–Kier alpha value is -1.42. The highest BCUT2D eigenvalue weighted by atomic mass is 16.2. The zero-order valence-corrected chi connectivity index (χ0v) is 11.4. The Morgan fingerprint density at radius 1 is 1.33 bits per heavy atom. The molecule has 0 radical (unpaired) electrons. The monoisotopic (exact) mass is 247 g/mol. The molecule has 0 bridgehead atoms. The second kappa shape index (κ2) is 5.48. The van der Waals surface area contributed by atoms with Crippen molar-refractivity contribution in [2.75, 3.05) is 20.1 Å². The molecule has 4 nitrogen and oxygen atoms in total. The van der Waals surface area contributed by atoms with Gasteiger partial charge in [-0.05, 0) is 45.9 Å². The van der Waals surface area contributed by atoms with E-state index in [0.29, 0.717) is 6.04 Å². The van der Waals surface area contributed by atoms with Crippen LogP contribution in [0.25, 0.3) is 0 Å². The average molecular weight is 247 g/mol. The van der Waals surface area contributed by atoms with Gasteiger partial charge in [0.25, 0.3) is 5.91 Å². The predicted molar refractivity (Wildman–Crippen MR) is 71.7 cm³/mol. The van der Waals surface area contributed by atoms with E-state index in [1.54, 1.807) is 0 Å². The maximum Gasteiger partial charge on any atom is 0.255 e. The molecular weight excluding hydrogens is 226 g/mol. The van der Waals surface area contributed by atoms with Crippen LogP contribution in [0.2, 0.25) is 0 Å². The van der Waals surface area contributed by atoms with Crippen molar-refractivity contribution in [3.63, 3.8) is 0 Å². The number of amides is 1. The lowest BCUT2D eigenvalue weighted by molar-refractivity contribution is 0.0706. The summed E-state index contributed by atoms with van der Waals surface area (Å²) < 4.78 is 0. The second-order valence-corrected chi connectivity index (χ2v) is 4.94. The summed E-state index contributed by atoms with van der Waals surface area (Å²) in [6.45, 7) is 5.51. The molecule has 1 aliphatic heterocycles. The summed E-state index contributed by atoms with van der Waals surface area (Å²) in [7, 11) is 1.98. The minimum atomic E-state index is 0.120. The largest absolute Gasteiger partial charge is 0.338 e. The van der Waals surface area contributed by atoms with Gasteiger partial charge in [-0.15, -0.1) is 0 Å². The number of piperidine rings is 1. The van der Waals surface area contributed by atoms with E-state index in [4.69, 9.17) is 0 Å². The Labute approximate surface area is 108 Å². The molecule has 1 aromatic heterocycles. The van der Waals surface area contributed by atoms with Gasteiger partial charge in [0.2, 0.25) is 0 Å². The molecular formula is C14H21N3O. The van der Waals surface area contributed by atoms with Crippen molar-refractivity contribution in [2.24, 2.45) is 0 Å². The normalized spacial score (nSPS) is 16.9. The smallest absolute Gasteiger partial charge is 0.255 e. The number of carbonyl (C=O) groups excluding carboxylic acids is 1. The van der Waals surface area contributed by atoms with Crippen LogP contribution in [0.4, 0.5) is 0 Å². The van der Waals surface area contributed by atoms with Crippen molar-refractivity contribution in [3.05, 3.63) is 29.1 Å². The van der Waals surface area contributed by atoms with Gasteiger partial charge in [-0.25, -0.2) is 0 Å². The van der Waals surface area contributed by atoms with Gasteiger partial charge >= 0.3 is 0 Å². The second-order valence-electron chi connectivity index (χ2n) is 4.94. The molecule has 1 fully saturated rings. The van der Waals surface area contributed by atoms with E-state index < -0.39 is 0 Å². The van der Waals surface area contributed by atoms with Crippen LogP contribution in [0.1, 0.15) is 34.6 Å². The minimum absolute atomic E-state index is 0.120. The number of aryl methyl sites for hydroxylation is 2. The van der Waals surface area contributed by atoms with E-state index in [1.807, 2.05) is 37.9 Å². The number of nitrogens with one attached hydrogen (secondary N) is 1. The van der Waals surface area contributed by atoms with Gasteiger partial charge in [0.05, 0.1) is 11.3 Å². The molecule has 1 amide bonds. The third kappa shape index (κ3) is 2.70. The van der Waals surface area contributed by atoms with Crippen molar-refractivity contribution >= 4 is 5.91 Å². The average Bonchev–Trinajstić information content (AvgIpc) is 2.38. The van der Waals surface area contributed by atoms with Gasteiger partial charge in [-0.1, -0.05) is 0 Å². The van der Waals surface area contributed by atoms with Crippen LogP contribution in [-0.2, 0) is 0 Å². The summed E-state index contributed by atoms with van der Waals surface area (Å²) in [4.78, 5) is 18.7. The lowest BCUT2D eigenvalue weighted by Gasteiger charge is -2.32. The number of hydrogen-bond acceptors (Lipinski definition) is 3. The molecule has 0 unspecified atom stereocenters. The van der Waals surface area contributed by atoms with Gasteiger partial charge in [0, 0.05) is 24.8 Å². The molecule has 0 spiro atoms. The van der Waals surface area contributed by atoms with E-state index in [-0.39, 0.29) is 5.91 Å². The Kier molecular flexibility index (Phi) is 3.97. The van der Waals surface area contributed by atoms with E-state index in [1.165, 1.54) is 0 Å². The first-order valence-corrected chi connectivity index (χ1v) is 6.52. The van der Waals surface area contributed by atoms with Gasteiger partial charge in [0.1, 0.15) is 0 Å². The minimum Gasteiger partial charge on any atom is -0.338 e. The third-order valence-corrected chi connectivity index (χ3v) is 3.65. The molecule has 0 atom stereocenters. The number of nitrogens with zero attached hydrogens (tertiary/aromatic N) is 2. The van der Waals surface area contributed by atoms with Crippen molar-refractivity contribution in [1.29, 1.82) is 0 Å². The Morgan fingerprint density at radius 3 is 2.56 bits per heavy atom. The topological polar surface area (TPSA) is 45.2 Å². The Balaban J connectivity index is 2.08. The predicted octanol–water partition coefficient (Wildman–Crippen LogP) is 1.52. The number of hydrogen-bond donors (Lipinski definition) is 1. The highest BCUT2D eigenvalue weighted by Crippen LogP contribution is 2.15. The van der Waals surface area contributed by atoms with Crippen LogP contribution >= 0.6 is 0 Å². The summed E-state index contributed by atoms with van der Waals surface area (Å²) in [5.41, 5.74) is 2.53. The molecule has 18 heavy (non-hydrogen) atoms. The van der Waals surface area contributed by atoms with E-state index in [9.17, 15) is 4.79 Å². The van der Waals surface area contributed by atoms with E-state index in [0.717, 1.165) is 42.9 Å². The lowest BCUT2D eigenvalue weighted by atomic mass is 10.0. The number of aromatic nitrogens is 1. The SMILES string of the molecule is CNC1CCN(C(=O)c2ccc(C)nc2C)CC1. The molecule has 0 saturated carbocycles. The zero-order valence-electron chi connectivity index (χ0n) is 11.4. The molecule has 1 N–H and O–H groups in total. The highest BCUT2D eigenvalue weighted by Gasteiger charge is 2.23. The maximum atomic E-state index is 12.4. The lowest BCUT2D eigenvalue weighted by Crippen LogP contribution is -2.44. The Bertz CT molecular complexity index is 437. The van der Waals surface area contributed by atoms with E-state index in [2.05, 4.69) is 10.3 Å². The molecule has 1 aromatic rings. The third-order valence-electron chi connectivity index (χ3n) is 3.65. The maximum absolute atomic E-state index is 12.4. The van der Waals surface area contributed by atoms with Crippen LogP contribution in [0, 0.1) is 13.8 Å². The first-order valence-electron chi connectivity index (χ1n) is 6.52. The number of pyridine rings is 1. The summed E-state index contributed by atoms with van der Waals surface area (Å²) in [5.74, 6) is 0.120. The van der Waals surface area contributed by atoms with Crippen molar-refractivity contribution in [1.82, 2.24) is 15.2 Å². The van der Waals surface area contributed by atoms with Crippen molar-refractivity contribution in [3.8, 4) is 0 Å². The van der Waals surface area contributed by atoms with Crippen LogP contribution in [0.3, 0.4) is 0 Å². The summed E-state index contributed by atoms with van der Waals surface area (Å²) in [5, 5.41) is 3.27. The molecule has 4 heteroatoms. The van der Waals surface area contributed by atoms with Crippen molar-refractivity contribution < 1.29 is 4.79 Å². The molecule has 2 rings (SSSR count). The highest BCUT2D eigenvalue weighted by molar-refractivity contribution is 5.95. The van der Waals surface area contributed by atoms with Crippen molar-refractivity contribution in [2.45, 2.75) is 32.7 Å². The summed E-state index contributed by atoms with van der Waals surface area (Å²) in [6.07, 6.45) is 2.06. The molecule has 0 aromatic carbocycles. The summed E-state index contributed by atoms with van der Waals surface area (Å²) >= 11 is 0. The van der Waals surface area contributed by atoms with Crippen LogP contribution in [0.5, 0.6) is 0 Å². The zero-order chi connectivity index (χ0) is 13.1. The number of rotatable bonds is 2. The first kappa shape index (κ1) is 13.0. The quantitative estimate of drug-likeness (QED) is 0.862. The van der Waals surface area contributed by atoms with Gasteiger partial charge in [-0.3, -0.25) is 9.78 Å². The molecule has 1 aliphatic rings. The standard InChI is InChI=1S/C14H21N3O/c1-10-4-5-13(11(2)16-10)14(18)17-8-6-12(15-3)7-9-17/h4-5,12,15H,6-9H2,1-3H3. The van der Waals surface area contributed by atoms with E-state index >= 15 is 0 Å².